The third-order valence-corrected chi connectivity index (χ3v) is 4.04. The molecule has 0 aromatic heterocycles. The second kappa shape index (κ2) is 6.59. The number of piperazine rings is 1. The fourth-order valence-electron chi connectivity index (χ4n) is 2.88. The van der Waals surface area contributed by atoms with Crippen molar-refractivity contribution in [3.05, 3.63) is 29.8 Å². The number of nitrogens with zero attached hydrogens (tertiary/aromatic N) is 1. The van der Waals surface area contributed by atoms with Gasteiger partial charge >= 0.3 is 0 Å². The molecule has 3 unspecified atom stereocenters. The Kier molecular flexibility index (Phi) is 5.06. The van der Waals surface area contributed by atoms with E-state index in [1.807, 2.05) is 0 Å². The van der Waals surface area contributed by atoms with E-state index in [9.17, 15) is 0 Å². The van der Waals surface area contributed by atoms with Crippen molar-refractivity contribution < 1.29 is 4.74 Å². The molecule has 1 heterocycles. The maximum absolute atomic E-state index is 5.71. The van der Waals surface area contributed by atoms with Crippen LogP contribution < -0.4 is 10.1 Å². The SMILES string of the molecule is CC1CN(C(C)c2ccc(OC(C)C)cc2)C(C)CN1. The van der Waals surface area contributed by atoms with Crippen molar-refractivity contribution in [2.45, 2.75) is 58.8 Å². The molecule has 1 saturated heterocycles. The Morgan fingerprint density at radius 2 is 1.80 bits per heavy atom. The molecular weight excluding hydrogens is 248 g/mol. The second-order valence-corrected chi connectivity index (χ2v) is 6.27. The summed E-state index contributed by atoms with van der Waals surface area (Å²) in [7, 11) is 0. The summed E-state index contributed by atoms with van der Waals surface area (Å²) in [6.07, 6.45) is 0.229. The van der Waals surface area contributed by atoms with Crippen molar-refractivity contribution in [1.82, 2.24) is 10.2 Å². The third-order valence-electron chi connectivity index (χ3n) is 4.04. The van der Waals surface area contributed by atoms with Gasteiger partial charge in [0.2, 0.25) is 0 Å². The highest BCUT2D eigenvalue weighted by molar-refractivity contribution is 5.29. The summed E-state index contributed by atoms with van der Waals surface area (Å²) in [5.41, 5.74) is 1.36. The smallest absolute Gasteiger partial charge is 0.119 e. The molecule has 1 aromatic carbocycles. The van der Waals surface area contributed by atoms with Gasteiger partial charge < -0.3 is 10.1 Å². The van der Waals surface area contributed by atoms with E-state index < -0.39 is 0 Å². The largest absolute Gasteiger partial charge is 0.491 e. The van der Waals surface area contributed by atoms with Crippen LogP contribution in [-0.2, 0) is 0 Å². The molecule has 0 saturated carbocycles. The van der Waals surface area contributed by atoms with Gasteiger partial charge in [-0.05, 0) is 52.3 Å². The molecule has 0 bridgehead atoms. The predicted octanol–water partition coefficient (Wildman–Crippen LogP) is 3.22. The zero-order valence-corrected chi connectivity index (χ0v) is 13.4. The van der Waals surface area contributed by atoms with Crippen LogP contribution in [0.4, 0.5) is 0 Å². The Morgan fingerprint density at radius 3 is 2.40 bits per heavy atom. The summed E-state index contributed by atoms with van der Waals surface area (Å²) >= 11 is 0. The predicted molar refractivity (Wildman–Crippen MR) is 84.3 cm³/mol. The number of ether oxygens (including phenoxy) is 1. The van der Waals surface area contributed by atoms with Gasteiger partial charge in [-0.1, -0.05) is 12.1 Å². The monoisotopic (exact) mass is 276 g/mol. The topological polar surface area (TPSA) is 24.5 Å². The van der Waals surface area contributed by atoms with Gasteiger partial charge in [-0.15, -0.1) is 0 Å². The molecule has 0 aliphatic carbocycles. The summed E-state index contributed by atoms with van der Waals surface area (Å²) in [4.78, 5) is 2.58. The molecule has 1 aliphatic heterocycles. The molecule has 0 amide bonds. The Hall–Kier alpha value is -1.06. The molecule has 0 spiro atoms. The van der Waals surface area contributed by atoms with Gasteiger partial charge in [0, 0.05) is 31.2 Å². The number of benzene rings is 1. The lowest BCUT2D eigenvalue weighted by Crippen LogP contribution is -2.54. The van der Waals surface area contributed by atoms with E-state index in [0.29, 0.717) is 18.1 Å². The van der Waals surface area contributed by atoms with Gasteiger partial charge in [0.15, 0.2) is 0 Å². The molecule has 1 aromatic rings. The highest BCUT2D eigenvalue weighted by atomic mass is 16.5. The van der Waals surface area contributed by atoms with Crippen molar-refractivity contribution in [2.75, 3.05) is 13.1 Å². The summed E-state index contributed by atoms with van der Waals surface area (Å²) in [5.74, 6) is 0.956. The van der Waals surface area contributed by atoms with Crippen LogP contribution in [0.25, 0.3) is 0 Å². The number of nitrogens with one attached hydrogen (secondary N) is 1. The molecule has 20 heavy (non-hydrogen) atoms. The fraction of sp³-hybridized carbons (Fsp3) is 0.647. The highest BCUT2D eigenvalue weighted by Gasteiger charge is 2.27. The van der Waals surface area contributed by atoms with Gasteiger partial charge in [-0.25, -0.2) is 0 Å². The first-order valence-corrected chi connectivity index (χ1v) is 7.73. The lowest BCUT2D eigenvalue weighted by atomic mass is 10.0. The number of hydrogen-bond acceptors (Lipinski definition) is 3. The minimum Gasteiger partial charge on any atom is -0.491 e. The van der Waals surface area contributed by atoms with Crippen LogP contribution >= 0.6 is 0 Å². The summed E-state index contributed by atoms with van der Waals surface area (Å²) in [6, 6.07) is 10.2. The molecule has 2 rings (SSSR count). The van der Waals surface area contributed by atoms with Crippen LogP contribution in [0.15, 0.2) is 24.3 Å². The van der Waals surface area contributed by atoms with Crippen LogP contribution in [-0.4, -0.2) is 36.2 Å². The van der Waals surface area contributed by atoms with Crippen LogP contribution in [0.3, 0.4) is 0 Å². The first-order chi connectivity index (χ1) is 9.47. The lowest BCUT2D eigenvalue weighted by molar-refractivity contribution is 0.103. The quantitative estimate of drug-likeness (QED) is 0.914. The first kappa shape index (κ1) is 15.3. The van der Waals surface area contributed by atoms with Crippen LogP contribution in [0, 0.1) is 0 Å². The minimum atomic E-state index is 0.229. The molecule has 3 nitrogen and oxygen atoms in total. The van der Waals surface area contributed by atoms with Crippen molar-refractivity contribution in [3.63, 3.8) is 0 Å². The fourth-order valence-corrected chi connectivity index (χ4v) is 2.88. The molecule has 1 aliphatic rings. The van der Waals surface area contributed by atoms with Gasteiger partial charge in [0.05, 0.1) is 6.10 Å². The average Bonchev–Trinajstić information content (AvgIpc) is 2.41. The van der Waals surface area contributed by atoms with Crippen LogP contribution in [0.1, 0.15) is 46.2 Å². The van der Waals surface area contributed by atoms with Crippen LogP contribution in [0.5, 0.6) is 5.75 Å². The van der Waals surface area contributed by atoms with Gasteiger partial charge in [-0.2, -0.15) is 0 Å². The average molecular weight is 276 g/mol. The molecule has 1 N–H and O–H groups in total. The van der Waals surface area contributed by atoms with E-state index in [1.165, 1.54) is 5.56 Å². The van der Waals surface area contributed by atoms with E-state index in [-0.39, 0.29) is 6.10 Å². The Morgan fingerprint density at radius 1 is 1.15 bits per heavy atom. The van der Waals surface area contributed by atoms with E-state index in [0.717, 1.165) is 18.8 Å². The molecule has 3 heteroatoms. The van der Waals surface area contributed by atoms with E-state index in [4.69, 9.17) is 4.74 Å². The van der Waals surface area contributed by atoms with Gasteiger partial charge in [-0.3, -0.25) is 4.90 Å². The second-order valence-electron chi connectivity index (χ2n) is 6.27. The van der Waals surface area contributed by atoms with Gasteiger partial charge in [0.1, 0.15) is 5.75 Å². The molecular formula is C17H28N2O. The van der Waals surface area contributed by atoms with Crippen molar-refractivity contribution in [2.24, 2.45) is 0 Å². The van der Waals surface area contributed by atoms with Gasteiger partial charge in [0.25, 0.3) is 0 Å². The summed E-state index contributed by atoms with van der Waals surface area (Å²) < 4.78 is 5.71. The summed E-state index contributed by atoms with van der Waals surface area (Å²) in [6.45, 7) is 13.1. The Balaban J connectivity index is 2.06. The van der Waals surface area contributed by atoms with E-state index in [2.05, 4.69) is 69.1 Å². The minimum absolute atomic E-state index is 0.229. The third kappa shape index (κ3) is 3.74. The molecule has 112 valence electrons. The summed E-state index contributed by atoms with van der Waals surface area (Å²) in [5, 5.41) is 3.54. The highest BCUT2D eigenvalue weighted by Crippen LogP contribution is 2.26. The van der Waals surface area contributed by atoms with Crippen molar-refractivity contribution >= 4 is 0 Å². The number of hydrogen-bond donors (Lipinski definition) is 1. The van der Waals surface area contributed by atoms with E-state index >= 15 is 0 Å². The molecule has 0 radical (unpaired) electrons. The Labute approximate surface area is 123 Å². The van der Waals surface area contributed by atoms with Crippen molar-refractivity contribution in [1.29, 1.82) is 0 Å². The van der Waals surface area contributed by atoms with Crippen molar-refractivity contribution in [3.8, 4) is 5.75 Å². The maximum Gasteiger partial charge on any atom is 0.119 e. The van der Waals surface area contributed by atoms with Crippen LogP contribution in [0.2, 0.25) is 0 Å². The molecule has 1 fully saturated rings. The standard InChI is InChI=1S/C17H28N2O/c1-12(2)20-17-8-6-16(7-9-17)15(5)19-11-13(3)18-10-14(19)4/h6-9,12-15,18H,10-11H2,1-5H3. The zero-order valence-electron chi connectivity index (χ0n) is 13.4. The zero-order chi connectivity index (χ0) is 14.7. The number of rotatable bonds is 4. The molecule has 3 atom stereocenters. The normalized spacial score (nSPS) is 25.7. The van der Waals surface area contributed by atoms with E-state index in [1.54, 1.807) is 0 Å². The first-order valence-electron chi connectivity index (χ1n) is 7.73. The Bertz CT molecular complexity index is 416. The maximum atomic E-state index is 5.71. The lowest BCUT2D eigenvalue weighted by Gasteiger charge is -2.41.